The molecule has 1 N–H and O–H groups in total. The molecule has 0 radical (unpaired) electrons. The zero-order chi connectivity index (χ0) is 14.9. The van der Waals surface area contributed by atoms with E-state index in [9.17, 15) is 10.1 Å². The van der Waals surface area contributed by atoms with Crippen LogP contribution in [-0.2, 0) is 10.2 Å². The Hall–Kier alpha value is -2.08. The summed E-state index contributed by atoms with van der Waals surface area (Å²) < 4.78 is 0. The van der Waals surface area contributed by atoms with Crippen molar-refractivity contribution < 1.29 is 4.79 Å². The predicted molar refractivity (Wildman–Crippen MR) is 79.1 cm³/mol. The van der Waals surface area contributed by atoms with E-state index in [1.54, 1.807) is 0 Å². The molecule has 1 heterocycles. The number of hydrogen-bond acceptors (Lipinski definition) is 2. The second-order valence-electron chi connectivity index (χ2n) is 6.32. The minimum atomic E-state index is -0.252. The number of carbonyl (C=O) groups excluding carboxylic acids is 1. The Balaban J connectivity index is 2.51. The molecule has 1 aromatic rings. The van der Waals surface area contributed by atoms with Crippen molar-refractivity contribution in [3.8, 4) is 6.07 Å². The van der Waals surface area contributed by atoms with Crippen molar-refractivity contribution in [3.05, 3.63) is 47.2 Å². The van der Waals surface area contributed by atoms with Gasteiger partial charge in [0.05, 0.1) is 17.6 Å². The predicted octanol–water partition coefficient (Wildman–Crippen LogP) is 3.36. The first-order valence-electron chi connectivity index (χ1n) is 6.86. The van der Waals surface area contributed by atoms with Crippen molar-refractivity contribution in [2.45, 2.75) is 44.9 Å². The van der Waals surface area contributed by atoms with E-state index >= 15 is 0 Å². The van der Waals surface area contributed by atoms with Gasteiger partial charge in [-0.25, -0.2) is 0 Å². The van der Waals surface area contributed by atoms with E-state index in [-0.39, 0.29) is 17.2 Å². The lowest BCUT2D eigenvalue weighted by Crippen LogP contribution is -2.33. The molecule has 0 aromatic heterocycles. The van der Waals surface area contributed by atoms with Gasteiger partial charge in [-0.1, -0.05) is 45.5 Å². The maximum Gasteiger partial charge on any atom is 0.231 e. The number of nitriles is 1. The van der Waals surface area contributed by atoms with Crippen LogP contribution in [0.1, 0.15) is 56.2 Å². The molecule has 20 heavy (non-hydrogen) atoms. The summed E-state index contributed by atoms with van der Waals surface area (Å²) in [7, 11) is 0. The minimum absolute atomic E-state index is 0.0520. The van der Waals surface area contributed by atoms with E-state index < -0.39 is 0 Å². The number of rotatable bonds is 1. The molecule has 1 fully saturated rings. The van der Waals surface area contributed by atoms with Gasteiger partial charge in [-0.05, 0) is 29.4 Å². The third-order valence-electron chi connectivity index (χ3n) is 3.74. The fraction of sp³-hybridized carbons (Fsp3) is 0.412. The summed E-state index contributed by atoms with van der Waals surface area (Å²) in [6, 6.07) is 8.10. The Morgan fingerprint density at radius 3 is 2.65 bits per heavy atom. The highest BCUT2D eigenvalue weighted by molar-refractivity contribution is 5.87. The second-order valence-corrected chi connectivity index (χ2v) is 6.32. The van der Waals surface area contributed by atoms with Gasteiger partial charge in [-0.3, -0.25) is 4.79 Å². The molecule has 1 aromatic carbocycles. The standard InChI is InChI=1S/C17H20N2O/c1-11-8-9-13(16(20)19-11)12-6-5-7-15(14(12)10-18)17(2,3)4/h5-7,13H,1,8-9H2,2-4H3,(H,19,20). The number of piperidine rings is 1. The van der Waals surface area contributed by atoms with E-state index in [0.717, 1.165) is 23.2 Å². The molecule has 0 spiro atoms. The van der Waals surface area contributed by atoms with Crippen molar-refractivity contribution in [3.63, 3.8) is 0 Å². The monoisotopic (exact) mass is 268 g/mol. The third kappa shape index (κ3) is 2.60. The van der Waals surface area contributed by atoms with Crippen LogP contribution in [0, 0.1) is 11.3 Å². The molecular formula is C17H20N2O. The molecular weight excluding hydrogens is 248 g/mol. The van der Waals surface area contributed by atoms with E-state index in [1.807, 2.05) is 18.2 Å². The molecule has 0 saturated carbocycles. The van der Waals surface area contributed by atoms with Crippen LogP contribution in [0.3, 0.4) is 0 Å². The fourth-order valence-corrected chi connectivity index (χ4v) is 2.68. The van der Waals surface area contributed by atoms with E-state index in [1.165, 1.54) is 0 Å². The maximum atomic E-state index is 12.2. The van der Waals surface area contributed by atoms with Crippen molar-refractivity contribution in [1.29, 1.82) is 5.26 Å². The van der Waals surface area contributed by atoms with E-state index in [2.05, 4.69) is 38.7 Å². The van der Waals surface area contributed by atoms with Gasteiger partial charge >= 0.3 is 0 Å². The number of amides is 1. The lowest BCUT2D eigenvalue weighted by atomic mass is 9.78. The highest BCUT2D eigenvalue weighted by Gasteiger charge is 2.30. The van der Waals surface area contributed by atoms with Crippen LogP contribution in [0.15, 0.2) is 30.5 Å². The highest BCUT2D eigenvalue weighted by Crippen LogP contribution is 2.34. The van der Waals surface area contributed by atoms with Gasteiger partial charge in [0.15, 0.2) is 0 Å². The molecule has 3 heteroatoms. The van der Waals surface area contributed by atoms with Crippen molar-refractivity contribution in [2.75, 3.05) is 0 Å². The Morgan fingerprint density at radius 2 is 2.10 bits per heavy atom. The van der Waals surface area contributed by atoms with Crippen molar-refractivity contribution in [1.82, 2.24) is 5.32 Å². The van der Waals surface area contributed by atoms with Gasteiger partial charge in [0.25, 0.3) is 0 Å². The Kier molecular flexibility index (Phi) is 3.67. The first-order chi connectivity index (χ1) is 9.34. The molecule has 1 amide bonds. The summed E-state index contributed by atoms with van der Waals surface area (Å²) in [5.41, 5.74) is 3.12. The molecule has 1 aliphatic rings. The lowest BCUT2D eigenvalue weighted by Gasteiger charge is -2.27. The molecule has 1 aliphatic heterocycles. The number of benzene rings is 1. The van der Waals surface area contributed by atoms with Crippen molar-refractivity contribution >= 4 is 5.91 Å². The number of carbonyl (C=O) groups is 1. The SMILES string of the molecule is C=C1CCC(c2cccc(C(C)(C)C)c2C#N)C(=O)N1. The Labute approximate surface area is 120 Å². The van der Waals surface area contributed by atoms with Gasteiger partial charge in [0, 0.05) is 5.70 Å². The molecule has 0 bridgehead atoms. The van der Waals surface area contributed by atoms with Crippen LogP contribution in [0.4, 0.5) is 0 Å². The molecule has 0 aliphatic carbocycles. The smallest absolute Gasteiger partial charge is 0.231 e. The van der Waals surface area contributed by atoms with Crippen LogP contribution >= 0.6 is 0 Å². The summed E-state index contributed by atoms with van der Waals surface area (Å²) in [6.07, 6.45) is 1.48. The van der Waals surface area contributed by atoms with Crippen LogP contribution < -0.4 is 5.32 Å². The average Bonchev–Trinajstić information content (AvgIpc) is 2.37. The summed E-state index contributed by atoms with van der Waals surface area (Å²) in [5.74, 6) is -0.304. The summed E-state index contributed by atoms with van der Waals surface area (Å²) in [6.45, 7) is 10.0. The van der Waals surface area contributed by atoms with Gasteiger partial charge < -0.3 is 5.32 Å². The van der Waals surface area contributed by atoms with Gasteiger partial charge in [0.2, 0.25) is 5.91 Å². The van der Waals surface area contributed by atoms with E-state index in [0.29, 0.717) is 12.0 Å². The summed E-state index contributed by atoms with van der Waals surface area (Å²) in [4.78, 5) is 12.2. The molecule has 1 atom stereocenters. The first-order valence-corrected chi connectivity index (χ1v) is 6.86. The van der Waals surface area contributed by atoms with Gasteiger partial charge in [-0.2, -0.15) is 5.26 Å². The topological polar surface area (TPSA) is 52.9 Å². The number of allylic oxidation sites excluding steroid dienone is 1. The second kappa shape index (κ2) is 5.13. The van der Waals surface area contributed by atoms with Crippen LogP contribution in [0.5, 0.6) is 0 Å². The number of nitrogens with zero attached hydrogens (tertiary/aromatic N) is 1. The zero-order valence-corrected chi connectivity index (χ0v) is 12.3. The van der Waals surface area contributed by atoms with Crippen LogP contribution in [0.25, 0.3) is 0 Å². The van der Waals surface area contributed by atoms with E-state index in [4.69, 9.17) is 0 Å². The average molecular weight is 268 g/mol. The summed E-state index contributed by atoms with van der Waals surface area (Å²) in [5, 5.41) is 12.3. The molecule has 104 valence electrons. The maximum absolute atomic E-state index is 12.2. The summed E-state index contributed by atoms with van der Waals surface area (Å²) >= 11 is 0. The number of nitrogens with one attached hydrogen (secondary N) is 1. The molecule has 1 saturated heterocycles. The zero-order valence-electron chi connectivity index (χ0n) is 12.3. The molecule has 3 nitrogen and oxygen atoms in total. The highest BCUT2D eigenvalue weighted by atomic mass is 16.2. The third-order valence-corrected chi connectivity index (χ3v) is 3.74. The number of hydrogen-bond donors (Lipinski definition) is 1. The van der Waals surface area contributed by atoms with Gasteiger partial charge in [-0.15, -0.1) is 0 Å². The van der Waals surface area contributed by atoms with Crippen molar-refractivity contribution in [2.24, 2.45) is 0 Å². The minimum Gasteiger partial charge on any atom is -0.330 e. The first kappa shape index (κ1) is 14.3. The lowest BCUT2D eigenvalue weighted by molar-refractivity contribution is -0.122. The Bertz CT molecular complexity index is 602. The Morgan fingerprint density at radius 1 is 1.40 bits per heavy atom. The van der Waals surface area contributed by atoms with Crippen LogP contribution in [0.2, 0.25) is 0 Å². The fourth-order valence-electron chi connectivity index (χ4n) is 2.68. The normalized spacial score (nSPS) is 19.4. The quantitative estimate of drug-likeness (QED) is 0.849. The van der Waals surface area contributed by atoms with Gasteiger partial charge in [0.1, 0.15) is 0 Å². The largest absolute Gasteiger partial charge is 0.330 e. The van der Waals surface area contributed by atoms with Crippen LogP contribution in [-0.4, -0.2) is 5.91 Å². The molecule has 2 rings (SSSR count). The molecule has 1 unspecified atom stereocenters.